The number of Topliss-reactive ketones (excluding diaryl/α,β-unsaturated/α-hetero) is 1. The van der Waals surface area contributed by atoms with Crippen molar-refractivity contribution in [2.24, 2.45) is 0 Å². The third-order valence-electron chi connectivity index (χ3n) is 4.20. The highest BCUT2D eigenvalue weighted by Crippen LogP contribution is 2.25. The Balaban J connectivity index is 0.00000243. The molecule has 3 rings (SSSR count). The Bertz CT molecular complexity index is 783. The van der Waals surface area contributed by atoms with Crippen molar-refractivity contribution in [1.82, 2.24) is 0 Å². The number of halogens is 3. The molecule has 1 aliphatic rings. The number of hydrogen-bond donors (Lipinski definition) is 0. The normalized spacial score (nSPS) is 19.5. The molecule has 5 heteroatoms. The van der Waals surface area contributed by atoms with Crippen molar-refractivity contribution in [1.29, 1.82) is 0 Å². The molecule has 0 aliphatic carbocycles. The summed E-state index contributed by atoms with van der Waals surface area (Å²) in [5.74, 6) is -0.610. The highest BCUT2D eigenvalue weighted by molar-refractivity contribution is 6.14. The zero-order valence-electron chi connectivity index (χ0n) is 14.7. The molecule has 1 fully saturated rings. The van der Waals surface area contributed by atoms with Crippen molar-refractivity contribution in [2.75, 3.05) is 27.2 Å². The zero-order valence-corrected chi connectivity index (χ0v) is 16.8. The van der Waals surface area contributed by atoms with Gasteiger partial charge in [0.2, 0.25) is 0 Å². The fourth-order valence-corrected chi connectivity index (χ4v) is 3.07. The van der Waals surface area contributed by atoms with Crippen LogP contribution in [0.2, 0.25) is 0 Å². The van der Waals surface area contributed by atoms with Crippen LogP contribution in [0.15, 0.2) is 59.7 Å². The summed E-state index contributed by atoms with van der Waals surface area (Å²) in [7, 11) is 4.12. The van der Waals surface area contributed by atoms with Crippen LogP contribution in [0.4, 0.5) is 8.78 Å². The molecule has 1 heterocycles. The van der Waals surface area contributed by atoms with Crippen molar-refractivity contribution < 1.29 is 42.0 Å². The number of carbonyl (C=O) groups excluding carboxylic acids is 1. The average molecular weight is 467 g/mol. The zero-order chi connectivity index (χ0) is 18.0. The predicted octanol–water partition coefficient (Wildman–Crippen LogP) is 1.09. The fourth-order valence-electron chi connectivity index (χ4n) is 3.07. The first-order chi connectivity index (χ1) is 11.8. The van der Waals surface area contributed by atoms with E-state index in [0.29, 0.717) is 28.7 Å². The van der Waals surface area contributed by atoms with Gasteiger partial charge in [0.15, 0.2) is 5.78 Å². The van der Waals surface area contributed by atoms with Gasteiger partial charge in [0.05, 0.1) is 25.2 Å². The Labute approximate surface area is 169 Å². The summed E-state index contributed by atoms with van der Waals surface area (Å²) in [5, 5.41) is 0. The number of likely N-dealkylation sites (tertiary alicyclic amines) is 1. The van der Waals surface area contributed by atoms with Gasteiger partial charge in [-0.05, 0) is 47.5 Å². The van der Waals surface area contributed by atoms with Crippen LogP contribution in [0.5, 0.6) is 0 Å². The summed E-state index contributed by atoms with van der Waals surface area (Å²) in [6.07, 6.45) is 3.64. The molecule has 0 aromatic heterocycles. The Morgan fingerprint density at radius 2 is 1.12 bits per heavy atom. The van der Waals surface area contributed by atoms with E-state index in [-0.39, 0.29) is 41.4 Å². The molecule has 0 atom stereocenters. The Kier molecular flexibility index (Phi) is 6.47. The van der Waals surface area contributed by atoms with Crippen LogP contribution < -0.4 is 24.0 Å². The molecule has 136 valence electrons. The van der Waals surface area contributed by atoms with Gasteiger partial charge in [-0.1, -0.05) is 24.3 Å². The van der Waals surface area contributed by atoms with Crippen molar-refractivity contribution in [3.05, 3.63) is 82.4 Å². The van der Waals surface area contributed by atoms with E-state index in [9.17, 15) is 13.6 Å². The van der Waals surface area contributed by atoms with Crippen LogP contribution in [-0.2, 0) is 4.79 Å². The average Bonchev–Trinajstić information content (AvgIpc) is 2.55. The SMILES string of the molecule is C[N+]1(C)C/C(=C/c2ccc(F)cc2)C(=O)/C(=C\c2ccc(F)cc2)C1.[I-]. The molecule has 2 aromatic carbocycles. The van der Waals surface area contributed by atoms with Crippen molar-refractivity contribution in [3.63, 3.8) is 0 Å². The summed E-state index contributed by atoms with van der Waals surface area (Å²) in [4.78, 5) is 12.9. The lowest BCUT2D eigenvalue weighted by Gasteiger charge is -2.35. The molecule has 0 N–H and O–H groups in total. The van der Waals surface area contributed by atoms with Gasteiger partial charge < -0.3 is 28.5 Å². The molecule has 0 radical (unpaired) electrons. The first-order valence-electron chi connectivity index (χ1n) is 8.11. The van der Waals surface area contributed by atoms with Gasteiger partial charge in [0.1, 0.15) is 24.7 Å². The summed E-state index contributed by atoms with van der Waals surface area (Å²) in [6, 6.07) is 12.2. The van der Waals surface area contributed by atoms with Crippen LogP contribution >= 0.6 is 0 Å². The minimum Gasteiger partial charge on any atom is -1.00 e. The second-order valence-corrected chi connectivity index (χ2v) is 7.02. The lowest BCUT2D eigenvalue weighted by atomic mass is 9.93. The van der Waals surface area contributed by atoms with Crippen molar-refractivity contribution >= 4 is 17.9 Å². The molecule has 1 aliphatic heterocycles. The maximum Gasteiger partial charge on any atom is 0.196 e. The first kappa shape index (κ1) is 20.5. The third-order valence-corrected chi connectivity index (χ3v) is 4.20. The molecule has 0 unspecified atom stereocenters. The number of carbonyl (C=O) groups is 1. The van der Waals surface area contributed by atoms with Gasteiger partial charge in [-0.2, -0.15) is 0 Å². The van der Waals surface area contributed by atoms with Crippen molar-refractivity contribution in [2.45, 2.75) is 0 Å². The summed E-state index contributed by atoms with van der Waals surface area (Å²) in [6.45, 7) is 1.22. The smallest absolute Gasteiger partial charge is 0.196 e. The van der Waals surface area contributed by atoms with Gasteiger partial charge in [-0.25, -0.2) is 8.78 Å². The maximum absolute atomic E-state index is 13.1. The monoisotopic (exact) mass is 467 g/mol. The van der Waals surface area contributed by atoms with E-state index in [1.165, 1.54) is 24.3 Å². The van der Waals surface area contributed by atoms with E-state index < -0.39 is 0 Å². The number of ketones is 1. The summed E-state index contributed by atoms with van der Waals surface area (Å²) >= 11 is 0. The second kappa shape index (κ2) is 8.22. The molecule has 1 saturated heterocycles. The summed E-state index contributed by atoms with van der Waals surface area (Å²) in [5.41, 5.74) is 2.98. The largest absolute Gasteiger partial charge is 1.00 e. The van der Waals surface area contributed by atoms with Gasteiger partial charge in [-0.3, -0.25) is 4.79 Å². The Morgan fingerprint density at radius 1 is 0.769 bits per heavy atom. The molecule has 2 nitrogen and oxygen atoms in total. The third kappa shape index (κ3) is 5.08. The molecule has 0 bridgehead atoms. The van der Waals surface area contributed by atoms with E-state index in [1.807, 2.05) is 12.2 Å². The molecule has 0 spiro atoms. The van der Waals surface area contributed by atoms with Gasteiger partial charge >= 0.3 is 0 Å². The Hall–Kier alpha value is -1.86. The van der Waals surface area contributed by atoms with Crippen LogP contribution in [0.25, 0.3) is 12.2 Å². The fraction of sp³-hybridized carbons (Fsp3) is 0.190. The van der Waals surface area contributed by atoms with E-state index in [2.05, 4.69) is 14.1 Å². The minimum absolute atomic E-state index is 0. The van der Waals surface area contributed by atoms with Crippen molar-refractivity contribution in [3.8, 4) is 0 Å². The van der Waals surface area contributed by atoms with E-state index in [0.717, 1.165) is 11.1 Å². The number of benzene rings is 2. The lowest BCUT2D eigenvalue weighted by molar-refractivity contribution is -0.881. The van der Waals surface area contributed by atoms with Crippen LogP contribution in [0, 0.1) is 11.6 Å². The highest BCUT2D eigenvalue weighted by atomic mass is 127. The maximum atomic E-state index is 13.1. The quantitative estimate of drug-likeness (QED) is 0.368. The highest BCUT2D eigenvalue weighted by Gasteiger charge is 2.33. The number of likely N-dealkylation sites (N-methyl/N-ethyl adjacent to an activating group) is 1. The van der Waals surface area contributed by atoms with Gasteiger partial charge in [0, 0.05) is 0 Å². The topological polar surface area (TPSA) is 17.1 Å². The molecule has 2 aromatic rings. The van der Waals surface area contributed by atoms with Crippen LogP contribution in [0.1, 0.15) is 11.1 Å². The standard InChI is InChI=1S/C21H20F2NO.HI/c1-24(2)13-17(11-15-3-7-19(22)8-4-15)21(25)18(14-24)12-16-5-9-20(23)10-6-16;/h3-12H,13-14H2,1-2H3;1H/q+1;/p-1/b17-11-,18-12-;. The molecular formula is C21H20F2INO. The number of rotatable bonds is 2. The number of hydrogen-bond acceptors (Lipinski definition) is 1. The van der Waals surface area contributed by atoms with Crippen LogP contribution in [0.3, 0.4) is 0 Å². The van der Waals surface area contributed by atoms with Gasteiger partial charge in [0.25, 0.3) is 0 Å². The van der Waals surface area contributed by atoms with Crippen LogP contribution in [-0.4, -0.2) is 37.5 Å². The molecule has 0 saturated carbocycles. The predicted molar refractivity (Wildman–Crippen MR) is 95.6 cm³/mol. The minimum atomic E-state index is -0.301. The molecular weight excluding hydrogens is 447 g/mol. The van der Waals surface area contributed by atoms with E-state index in [1.54, 1.807) is 24.3 Å². The van der Waals surface area contributed by atoms with Gasteiger partial charge in [-0.15, -0.1) is 0 Å². The second-order valence-electron chi connectivity index (χ2n) is 7.02. The number of quaternary nitrogens is 1. The molecule has 0 amide bonds. The number of nitrogens with zero attached hydrogens (tertiary/aromatic N) is 1. The van der Waals surface area contributed by atoms with E-state index in [4.69, 9.17) is 0 Å². The summed E-state index contributed by atoms with van der Waals surface area (Å²) < 4.78 is 26.8. The molecule has 26 heavy (non-hydrogen) atoms. The Morgan fingerprint density at radius 3 is 1.46 bits per heavy atom. The first-order valence-corrected chi connectivity index (χ1v) is 8.11. The number of piperidine rings is 1. The van der Waals surface area contributed by atoms with E-state index >= 15 is 0 Å². The lowest BCUT2D eigenvalue weighted by Crippen LogP contribution is -3.00.